The molecule has 0 saturated heterocycles. The van der Waals surface area contributed by atoms with Crippen LogP contribution in [0.1, 0.15) is 22.3 Å². The van der Waals surface area contributed by atoms with Crippen molar-refractivity contribution in [2.75, 3.05) is 4.90 Å². The number of amides is 2. The first-order chi connectivity index (χ1) is 17.5. The SMILES string of the molecule is O=C1C=C2C=C(c3ccccc3)c3ccccc3C2(c2ccccc2)C(=O)N1c1cc(Cl)cc(Cl)c1. The van der Waals surface area contributed by atoms with Gasteiger partial charge in [-0.2, -0.15) is 0 Å². The molecule has 1 unspecified atom stereocenters. The van der Waals surface area contributed by atoms with Crippen molar-refractivity contribution in [3.63, 3.8) is 0 Å². The third-order valence-electron chi connectivity index (χ3n) is 6.77. The fraction of sp³-hybridized carbons (Fsp3) is 0.0323. The highest BCUT2D eigenvalue weighted by Crippen LogP contribution is 2.51. The highest BCUT2D eigenvalue weighted by molar-refractivity contribution is 6.36. The van der Waals surface area contributed by atoms with E-state index < -0.39 is 11.3 Å². The van der Waals surface area contributed by atoms with Gasteiger partial charge in [0.05, 0.1) is 5.69 Å². The van der Waals surface area contributed by atoms with Gasteiger partial charge in [-0.3, -0.25) is 9.59 Å². The van der Waals surface area contributed by atoms with E-state index in [9.17, 15) is 9.59 Å². The van der Waals surface area contributed by atoms with Crippen LogP contribution in [0.25, 0.3) is 5.57 Å². The maximum atomic E-state index is 14.7. The quantitative estimate of drug-likeness (QED) is 0.274. The Morgan fingerprint density at radius 2 is 1.28 bits per heavy atom. The molecule has 0 aromatic heterocycles. The standard InChI is InChI=1S/C31H19Cl2NO2/c32-23-17-24(33)19-25(18-23)34-29(35)16-22-15-27(20-9-3-1-4-10-20)26-13-7-8-14-28(26)31(22,30(34)36)21-11-5-2-6-12-21/h1-19H. The van der Waals surface area contributed by atoms with E-state index >= 15 is 0 Å². The molecule has 36 heavy (non-hydrogen) atoms. The molecule has 0 N–H and O–H groups in total. The van der Waals surface area contributed by atoms with Crippen LogP contribution in [0.4, 0.5) is 5.69 Å². The van der Waals surface area contributed by atoms with Crippen LogP contribution in [0.2, 0.25) is 10.0 Å². The van der Waals surface area contributed by atoms with E-state index in [1.165, 1.54) is 4.90 Å². The van der Waals surface area contributed by atoms with Crippen LogP contribution < -0.4 is 4.90 Å². The number of allylic oxidation sites excluding steroid dienone is 1. The molecule has 0 spiro atoms. The summed E-state index contributed by atoms with van der Waals surface area (Å²) in [4.78, 5) is 29.4. The van der Waals surface area contributed by atoms with E-state index in [4.69, 9.17) is 23.2 Å². The summed E-state index contributed by atoms with van der Waals surface area (Å²) in [6, 6.07) is 32.2. The van der Waals surface area contributed by atoms with Gasteiger partial charge in [0.2, 0.25) is 0 Å². The van der Waals surface area contributed by atoms with Gasteiger partial charge in [-0.25, -0.2) is 4.90 Å². The second kappa shape index (κ2) is 8.63. The van der Waals surface area contributed by atoms with Crippen LogP contribution >= 0.6 is 23.2 Å². The number of anilines is 1. The van der Waals surface area contributed by atoms with Crippen LogP contribution in [0, 0.1) is 0 Å². The van der Waals surface area contributed by atoms with Crippen molar-refractivity contribution in [3.05, 3.63) is 153 Å². The monoisotopic (exact) mass is 507 g/mol. The normalized spacial score (nSPS) is 18.8. The molecule has 0 saturated carbocycles. The minimum Gasteiger partial charge on any atom is -0.272 e. The molecule has 4 aromatic carbocycles. The number of hydrogen-bond acceptors (Lipinski definition) is 2. The first-order valence-corrected chi connectivity index (χ1v) is 12.2. The lowest BCUT2D eigenvalue weighted by Crippen LogP contribution is -2.55. The summed E-state index contributed by atoms with van der Waals surface area (Å²) >= 11 is 12.5. The Labute approximate surface area is 218 Å². The second-order valence-corrected chi connectivity index (χ2v) is 9.66. The van der Waals surface area contributed by atoms with Crippen molar-refractivity contribution in [1.82, 2.24) is 0 Å². The van der Waals surface area contributed by atoms with Gasteiger partial charge in [0, 0.05) is 16.1 Å². The zero-order chi connectivity index (χ0) is 24.9. The van der Waals surface area contributed by atoms with Gasteiger partial charge in [-0.15, -0.1) is 0 Å². The Hall–Kier alpha value is -3.92. The van der Waals surface area contributed by atoms with Gasteiger partial charge in [0.25, 0.3) is 11.8 Å². The minimum atomic E-state index is -1.22. The maximum absolute atomic E-state index is 14.7. The Bertz CT molecular complexity index is 1570. The number of carbonyl (C=O) groups is 2. The van der Waals surface area contributed by atoms with Crippen molar-refractivity contribution >= 4 is 46.3 Å². The zero-order valence-electron chi connectivity index (χ0n) is 19.0. The van der Waals surface area contributed by atoms with E-state index in [2.05, 4.69) is 0 Å². The summed E-state index contributed by atoms with van der Waals surface area (Å²) in [6.07, 6.45) is 3.53. The molecule has 2 amide bonds. The van der Waals surface area contributed by atoms with Crippen molar-refractivity contribution in [3.8, 4) is 0 Å². The summed E-state index contributed by atoms with van der Waals surface area (Å²) < 4.78 is 0. The number of benzene rings is 4. The zero-order valence-corrected chi connectivity index (χ0v) is 20.5. The lowest BCUT2D eigenvalue weighted by Gasteiger charge is -2.44. The summed E-state index contributed by atoms with van der Waals surface area (Å²) in [7, 11) is 0. The summed E-state index contributed by atoms with van der Waals surface area (Å²) in [5, 5.41) is 0.689. The van der Waals surface area contributed by atoms with Crippen LogP contribution in [-0.2, 0) is 15.0 Å². The molecule has 1 atom stereocenters. The molecule has 1 aliphatic heterocycles. The number of rotatable bonds is 3. The van der Waals surface area contributed by atoms with Gasteiger partial charge >= 0.3 is 0 Å². The first kappa shape index (κ1) is 22.5. The molecule has 5 heteroatoms. The van der Waals surface area contributed by atoms with E-state index in [1.54, 1.807) is 24.3 Å². The lowest BCUT2D eigenvalue weighted by atomic mass is 9.61. The Kier molecular flexibility index (Phi) is 5.40. The van der Waals surface area contributed by atoms with E-state index in [-0.39, 0.29) is 5.91 Å². The number of halogens is 2. The predicted octanol–water partition coefficient (Wildman–Crippen LogP) is 7.22. The van der Waals surface area contributed by atoms with Gasteiger partial charge in [0.1, 0.15) is 5.41 Å². The largest absolute Gasteiger partial charge is 0.272 e. The van der Waals surface area contributed by atoms with E-state index in [0.717, 1.165) is 27.8 Å². The van der Waals surface area contributed by atoms with Crippen molar-refractivity contribution in [1.29, 1.82) is 0 Å². The highest BCUT2D eigenvalue weighted by atomic mass is 35.5. The molecule has 0 fully saturated rings. The van der Waals surface area contributed by atoms with Crippen LogP contribution in [0.5, 0.6) is 0 Å². The second-order valence-electron chi connectivity index (χ2n) is 8.79. The number of fused-ring (bicyclic) bond motifs is 3. The smallest absolute Gasteiger partial charge is 0.258 e. The molecule has 1 heterocycles. The Morgan fingerprint density at radius 3 is 1.97 bits per heavy atom. The topological polar surface area (TPSA) is 37.4 Å². The predicted molar refractivity (Wildman–Crippen MR) is 144 cm³/mol. The lowest BCUT2D eigenvalue weighted by molar-refractivity contribution is -0.127. The van der Waals surface area contributed by atoms with E-state index in [1.807, 2.05) is 91.0 Å². The number of imide groups is 1. The number of nitrogens with zero attached hydrogens (tertiary/aromatic N) is 1. The number of carbonyl (C=O) groups excluding carboxylic acids is 2. The van der Waals surface area contributed by atoms with Crippen molar-refractivity contribution < 1.29 is 9.59 Å². The summed E-state index contributed by atoms with van der Waals surface area (Å²) in [5.74, 6) is -0.812. The highest BCUT2D eigenvalue weighted by Gasteiger charge is 2.54. The average Bonchev–Trinajstić information content (AvgIpc) is 2.88. The minimum absolute atomic E-state index is 0.337. The molecule has 4 aromatic rings. The Balaban J connectivity index is 1.69. The third kappa shape index (κ3) is 3.35. The molecule has 3 nitrogen and oxygen atoms in total. The number of hydrogen-bond donors (Lipinski definition) is 0. The van der Waals surface area contributed by atoms with Gasteiger partial charge < -0.3 is 0 Å². The summed E-state index contributed by atoms with van der Waals surface area (Å²) in [5.41, 5.74) is 4.26. The maximum Gasteiger partial charge on any atom is 0.258 e. The van der Waals surface area contributed by atoms with Gasteiger partial charge in [-0.05, 0) is 57.7 Å². The van der Waals surface area contributed by atoms with Crippen molar-refractivity contribution in [2.45, 2.75) is 5.41 Å². The molecular formula is C31H19Cl2NO2. The molecular weight excluding hydrogens is 489 g/mol. The molecule has 6 rings (SSSR count). The average molecular weight is 508 g/mol. The van der Waals surface area contributed by atoms with Gasteiger partial charge in [-0.1, -0.05) is 108 Å². The van der Waals surface area contributed by atoms with Crippen molar-refractivity contribution in [2.24, 2.45) is 0 Å². The van der Waals surface area contributed by atoms with E-state index in [0.29, 0.717) is 21.3 Å². The fourth-order valence-electron chi connectivity index (χ4n) is 5.30. The molecule has 0 radical (unpaired) electrons. The Morgan fingerprint density at radius 1 is 0.667 bits per heavy atom. The first-order valence-electron chi connectivity index (χ1n) is 11.5. The summed E-state index contributed by atoms with van der Waals surface area (Å²) in [6.45, 7) is 0. The molecule has 0 bridgehead atoms. The van der Waals surface area contributed by atoms with Crippen LogP contribution in [0.15, 0.2) is 121 Å². The third-order valence-corrected chi connectivity index (χ3v) is 7.21. The molecule has 2 aliphatic rings. The molecule has 174 valence electrons. The van der Waals surface area contributed by atoms with Gasteiger partial charge in [0.15, 0.2) is 0 Å². The van der Waals surface area contributed by atoms with Crippen LogP contribution in [0.3, 0.4) is 0 Å². The molecule has 1 aliphatic carbocycles. The fourth-order valence-corrected chi connectivity index (χ4v) is 5.81. The van der Waals surface area contributed by atoms with Crippen LogP contribution in [-0.4, -0.2) is 11.8 Å².